The van der Waals surface area contributed by atoms with Gasteiger partial charge in [-0.25, -0.2) is 9.18 Å². The van der Waals surface area contributed by atoms with Gasteiger partial charge >= 0.3 is 6.03 Å². The summed E-state index contributed by atoms with van der Waals surface area (Å²) >= 11 is 0. The molecule has 2 saturated carbocycles. The summed E-state index contributed by atoms with van der Waals surface area (Å²) in [4.78, 5) is 11.9. The third-order valence-corrected chi connectivity index (χ3v) is 4.80. The summed E-state index contributed by atoms with van der Waals surface area (Å²) in [6, 6.07) is 8.17. The van der Waals surface area contributed by atoms with Crippen LogP contribution in [0.1, 0.15) is 54.5 Å². The molecule has 132 valence electrons. The number of rotatable bonds is 7. The zero-order valence-electron chi connectivity index (χ0n) is 14.2. The number of benzene rings is 1. The van der Waals surface area contributed by atoms with E-state index in [0.29, 0.717) is 31.5 Å². The zero-order valence-corrected chi connectivity index (χ0v) is 14.2. The van der Waals surface area contributed by atoms with Gasteiger partial charge in [-0.1, -0.05) is 12.1 Å². The molecule has 1 aromatic carbocycles. The molecular weight excluding hydrogens is 319 g/mol. The van der Waals surface area contributed by atoms with Gasteiger partial charge in [-0.15, -0.1) is 0 Å². The van der Waals surface area contributed by atoms with Gasteiger partial charge in [0, 0.05) is 30.6 Å². The quantitative estimate of drug-likeness (QED) is 0.811. The zero-order chi connectivity index (χ0) is 17.2. The van der Waals surface area contributed by atoms with Crippen molar-refractivity contribution in [3.63, 3.8) is 0 Å². The van der Waals surface area contributed by atoms with Gasteiger partial charge in [-0.2, -0.15) is 5.10 Å². The number of carbonyl (C=O) groups is 1. The highest BCUT2D eigenvalue weighted by molar-refractivity contribution is 5.73. The lowest BCUT2D eigenvalue weighted by Crippen LogP contribution is -2.37. The fraction of sp³-hybridized carbons (Fsp3) is 0.474. The molecule has 6 heteroatoms. The minimum absolute atomic E-state index is 0.216. The summed E-state index contributed by atoms with van der Waals surface area (Å²) in [7, 11) is 0. The Hall–Kier alpha value is -2.37. The van der Waals surface area contributed by atoms with E-state index < -0.39 is 0 Å². The lowest BCUT2D eigenvalue weighted by atomic mass is 10.2. The predicted molar refractivity (Wildman–Crippen MR) is 92.8 cm³/mol. The van der Waals surface area contributed by atoms with Crippen LogP contribution >= 0.6 is 0 Å². The van der Waals surface area contributed by atoms with Gasteiger partial charge in [-0.3, -0.25) is 4.68 Å². The van der Waals surface area contributed by atoms with Crippen molar-refractivity contribution in [3.05, 3.63) is 53.1 Å². The van der Waals surface area contributed by atoms with Crippen LogP contribution in [0.3, 0.4) is 0 Å². The fourth-order valence-corrected chi connectivity index (χ4v) is 3.04. The van der Waals surface area contributed by atoms with Crippen molar-refractivity contribution in [1.29, 1.82) is 0 Å². The number of halogens is 1. The van der Waals surface area contributed by atoms with Crippen LogP contribution in [-0.4, -0.2) is 22.4 Å². The van der Waals surface area contributed by atoms with Gasteiger partial charge in [0.1, 0.15) is 5.82 Å². The Balaban J connectivity index is 1.24. The van der Waals surface area contributed by atoms with Crippen molar-refractivity contribution in [1.82, 2.24) is 20.4 Å². The third-order valence-electron chi connectivity index (χ3n) is 4.80. The molecule has 4 rings (SSSR count). The number of carbonyl (C=O) groups excluding carboxylic acids is 1. The van der Waals surface area contributed by atoms with Gasteiger partial charge in [0.25, 0.3) is 0 Å². The van der Waals surface area contributed by atoms with E-state index in [1.165, 1.54) is 49.2 Å². The van der Waals surface area contributed by atoms with Crippen molar-refractivity contribution >= 4 is 6.03 Å². The van der Waals surface area contributed by atoms with E-state index in [4.69, 9.17) is 5.10 Å². The summed E-state index contributed by atoms with van der Waals surface area (Å²) in [5, 5.41) is 10.4. The standard InChI is InChI=1S/C19H23FN4O/c20-16-7-1-13(2-8-16)12-22-19(25)21-9-10-24-18(15-5-6-15)11-17(23-24)14-3-4-14/h1-2,7-8,11,14-15H,3-6,9-10,12H2,(H2,21,22,25). The second-order valence-corrected chi connectivity index (χ2v) is 7.00. The molecule has 0 spiro atoms. The average molecular weight is 342 g/mol. The van der Waals surface area contributed by atoms with Crippen molar-refractivity contribution in [2.45, 2.75) is 50.6 Å². The Labute approximate surface area is 146 Å². The summed E-state index contributed by atoms with van der Waals surface area (Å²) < 4.78 is 14.9. The van der Waals surface area contributed by atoms with Crippen LogP contribution in [0.15, 0.2) is 30.3 Å². The average Bonchev–Trinajstić information content (AvgIpc) is 3.53. The lowest BCUT2D eigenvalue weighted by molar-refractivity contribution is 0.240. The molecule has 0 aliphatic heterocycles. The summed E-state index contributed by atoms with van der Waals surface area (Å²) in [5.74, 6) is 1.04. The van der Waals surface area contributed by atoms with Gasteiger partial charge in [0.15, 0.2) is 0 Å². The van der Waals surface area contributed by atoms with Crippen molar-refractivity contribution < 1.29 is 9.18 Å². The smallest absolute Gasteiger partial charge is 0.315 e. The highest BCUT2D eigenvalue weighted by Crippen LogP contribution is 2.44. The second-order valence-electron chi connectivity index (χ2n) is 7.00. The molecule has 0 unspecified atom stereocenters. The minimum atomic E-state index is -0.274. The van der Waals surface area contributed by atoms with Gasteiger partial charge in [0.2, 0.25) is 0 Å². The maximum atomic E-state index is 12.9. The molecule has 2 aliphatic rings. The Kier molecular flexibility index (Phi) is 4.42. The Morgan fingerprint density at radius 2 is 1.84 bits per heavy atom. The van der Waals surface area contributed by atoms with Crippen LogP contribution in [0, 0.1) is 5.82 Å². The van der Waals surface area contributed by atoms with E-state index in [0.717, 1.165) is 5.56 Å². The topological polar surface area (TPSA) is 59.0 Å². The number of nitrogens with zero attached hydrogens (tertiary/aromatic N) is 2. The van der Waals surface area contributed by atoms with E-state index >= 15 is 0 Å². The van der Waals surface area contributed by atoms with Crippen molar-refractivity contribution in [3.8, 4) is 0 Å². The molecule has 1 aromatic heterocycles. The number of amides is 2. The van der Waals surface area contributed by atoms with Crippen LogP contribution in [0.25, 0.3) is 0 Å². The highest BCUT2D eigenvalue weighted by atomic mass is 19.1. The molecule has 2 aliphatic carbocycles. The molecule has 2 fully saturated rings. The number of hydrogen-bond acceptors (Lipinski definition) is 2. The Bertz CT molecular complexity index is 747. The van der Waals surface area contributed by atoms with E-state index in [-0.39, 0.29) is 11.8 Å². The lowest BCUT2D eigenvalue weighted by Gasteiger charge is -2.09. The summed E-state index contributed by atoms with van der Waals surface area (Å²) in [6.07, 6.45) is 5.01. The minimum Gasteiger partial charge on any atom is -0.336 e. The first-order chi connectivity index (χ1) is 12.2. The predicted octanol–water partition coefficient (Wildman–Crippen LogP) is 3.28. The van der Waals surface area contributed by atoms with Gasteiger partial charge in [0.05, 0.1) is 12.2 Å². The molecule has 0 bridgehead atoms. The molecule has 1 heterocycles. The van der Waals surface area contributed by atoms with Crippen LogP contribution in [0.2, 0.25) is 0 Å². The molecule has 0 radical (unpaired) electrons. The Morgan fingerprint density at radius 1 is 1.12 bits per heavy atom. The fourth-order valence-electron chi connectivity index (χ4n) is 3.04. The molecule has 2 amide bonds. The first kappa shape index (κ1) is 16.1. The molecule has 2 aromatic rings. The van der Waals surface area contributed by atoms with Gasteiger partial charge < -0.3 is 10.6 Å². The van der Waals surface area contributed by atoms with Crippen LogP contribution in [-0.2, 0) is 13.1 Å². The van der Waals surface area contributed by atoms with E-state index in [1.54, 1.807) is 12.1 Å². The summed E-state index contributed by atoms with van der Waals surface area (Å²) in [6.45, 7) is 1.62. The molecular formula is C19H23FN4O. The SMILES string of the molecule is O=C(NCCn1nc(C2CC2)cc1C1CC1)NCc1ccc(F)cc1. The van der Waals surface area contributed by atoms with Gasteiger partial charge in [-0.05, 0) is 49.4 Å². The number of aromatic nitrogens is 2. The van der Waals surface area contributed by atoms with Crippen LogP contribution < -0.4 is 10.6 Å². The summed E-state index contributed by atoms with van der Waals surface area (Å²) in [5.41, 5.74) is 3.42. The highest BCUT2D eigenvalue weighted by Gasteiger charge is 2.32. The maximum Gasteiger partial charge on any atom is 0.315 e. The van der Waals surface area contributed by atoms with Crippen molar-refractivity contribution in [2.75, 3.05) is 6.54 Å². The van der Waals surface area contributed by atoms with E-state index in [1.807, 2.05) is 0 Å². The third kappa shape index (κ3) is 4.18. The molecule has 0 saturated heterocycles. The van der Waals surface area contributed by atoms with E-state index in [9.17, 15) is 9.18 Å². The van der Waals surface area contributed by atoms with E-state index in [2.05, 4.69) is 21.4 Å². The van der Waals surface area contributed by atoms with Crippen LogP contribution in [0.5, 0.6) is 0 Å². The number of nitrogens with one attached hydrogen (secondary N) is 2. The molecule has 0 atom stereocenters. The maximum absolute atomic E-state index is 12.9. The monoisotopic (exact) mass is 342 g/mol. The molecule has 25 heavy (non-hydrogen) atoms. The van der Waals surface area contributed by atoms with Crippen LogP contribution in [0.4, 0.5) is 9.18 Å². The largest absolute Gasteiger partial charge is 0.336 e. The first-order valence-electron chi connectivity index (χ1n) is 9.03. The number of urea groups is 1. The molecule has 5 nitrogen and oxygen atoms in total. The molecule has 2 N–H and O–H groups in total. The number of hydrogen-bond donors (Lipinski definition) is 2. The van der Waals surface area contributed by atoms with Crippen molar-refractivity contribution in [2.24, 2.45) is 0 Å². The first-order valence-corrected chi connectivity index (χ1v) is 9.03. The second kappa shape index (κ2) is 6.86. The Morgan fingerprint density at radius 3 is 2.52 bits per heavy atom. The normalized spacial score (nSPS) is 16.7.